The highest BCUT2D eigenvalue weighted by Crippen LogP contribution is 2.73. The van der Waals surface area contributed by atoms with E-state index in [1.807, 2.05) is 28.3 Å². The summed E-state index contributed by atoms with van der Waals surface area (Å²) in [7, 11) is 3.82. The lowest BCUT2D eigenvalue weighted by atomic mass is 9.43. The van der Waals surface area contributed by atoms with Crippen LogP contribution in [0.3, 0.4) is 0 Å². The van der Waals surface area contributed by atoms with Crippen LogP contribution in [-0.2, 0) is 19.0 Å². The van der Waals surface area contributed by atoms with Gasteiger partial charge in [-0.25, -0.2) is 0 Å². The third-order valence-corrected chi connectivity index (χ3v) is 34.9. The monoisotopic (exact) mass is 1540 g/mol. The molecule has 12 fully saturated rings. The van der Waals surface area contributed by atoms with Crippen LogP contribution < -0.4 is 0 Å². The average molecular weight is 1540 g/mol. The van der Waals surface area contributed by atoms with E-state index < -0.39 is 43.0 Å². The summed E-state index contributed by atoms with van der Waals surface area (Å²) < 4.78 is 90.9. The molecule has 0 bridgehead atoms. The second kappa shape index (κ2) is 37.5. The van der Waals surface area contributed by atoms with Gasteiger partial charge >= 0.3 is 12.0 Å². The molecule has 0 radical (unpaired) electrons. The first kappa shape index (κ1) is 95.2. The molecule has 12 saturated carbocycles. The number of aldehydes is 1. The number of fused-ring (bicyclic) bond motifs is 15. The van der Waals surface area contributed by atoms with Crippen molar-refractivity contribution in [2.24, 2.45) is 139 Å². The summed E-state index contributed by atoms with van der Waals surface area (Å²) in [6, 6.07) is 0. The minimum absolute atomic E-state index is 0. The topological polar surface area (TPSA) is 146 Å². The van der Waals surface area contributed by atoms with Gasteiger partial charge in [0.1, 0.15) is 12.4 Å². The van der Waals surface area contributed by atoms with Crippen LogP contribution in [0.5, 0.6) is 0 Å². The molecule has 0 amide bonds. The Labute approximate surface area is 641 Å². The average Bonchev–Trinajstić information content (AvgIpc) is 1.71. The lowest BCUT2D eigenvalue weighted by Crippen LogP contribution is -2.58. The highest BCUT2D eigenvalue weighted by molar-refractivity contribution is 7.35. The van der Waals surface area contributed by atoms with Crippen LogP contribution in [0.2, 0.25) is 19.6 Å². The highest BCUT2D eigenvalue weighted by Gasteiger charge is 2.67. The molecule has 105 heavy (non-hydrogen) atoms. The van der Waals surface area contributed by atoms with Crippen molar-refractivity contribution < 1.29 is 70.9 Å². The van der Waals surface area contributed by atoms with Crippen LogP contribution in [0, 0.1) is 139 Å². The van der Waals surface area contributed by atoms with Gasteiger partial charge in [-0.2, -0.15) is 26.3 Å². The molecular formula is C88H163F6O9PSi. The van der Waals surface area contributed by atoms with Crippen LogP contribution in [0.1, 0.15) is 296 Å². The Morgan fingerprint density at radius 2 is 0.752 bits per heavy atom. The Kier molecular flexibility index (Phi) is 33.9. The summed E-state index contributed by atoms with van der Waals surface area (Å²) in [4.78, 5) is 10.9. The number of aliphatic hydroxyl groups excluding tert-OH is 2. The number of hydrogen-bond acceptors (Lipinski definition) is 9. The van der Waals surface area contributed by atoms with E-state index in [9.17, 15) is 56.7 Å². The number of hydrogen-bond donors (Lipinski definition) is 5. The van der Waals surface area contributed by atoms with Gasteiger partial charge in [0.05, 0.1) is 36.6 Å². The van der Waals surface area contributed by atoms with E-state index in [-0.39, 0.29) is 45.4 Å². The van der Waals surface area contributed by atoms with Gasteiger partial charge in [-0.3, -0.25) is 0 Å². The Balaban J connectivity index is 0.000000260. The van der Waals surface area contributed by atoms with Crippen molar-refractivity contribution in [1.82, 2.24) is 0 Å². The fraction of sp³-hybridized carbons (Fsp3) is 0.989. The maximum atomic E-state index is 12.8. The summed E-state index contributed by atoms with van der Waals surface area (Å²) in [5.41, 5.74) is 0.398. The van der Waals surface area contributed by atoms with E-state index in [0.717, 1.165) is 184 Å². The summed E-state index contributed by atoms with van der Waals surface area (Å²) >= 11 is 0. The molecule has 0 aliphatic heterocycles. The number of alkyl halides is 6. The van der Waals surface area contributed by atoms with E-state index in [1.165, 1.54) is 122 Å². The van der Waals surface area contributed by atoms with E-state index in [1.54, 1.807) is 0 Å². The lowest BCUT2D eigenvalue weighted by Gasteiger charge is -2.63. The molecule has 17 heteroatoms. The van der Waals surface area contributed by atoms with E-state index >= 15 is 0 Å². The van der Waals surface area contributed by atoms with Crippen molar-refractivity contribution in [3.05, 3.63) is 0 Å². The largest absolute Gasteiger partial charge is 0.414 e. The zero-order valence-corrected chi connectivity index (χ0v) is 69.3. The summed E-state index contributed by atoms with van der Waals surface area (Å²) in [6.45, 7) is 31.8. The van der Waals surface area contributed by atoms with Crippen molar-refractivity contribution in [2.75, 3.05) is 61.1 Å². The molecule has 12 rings (SSSR count). The van der Waals surface area contributed by atoms with Gasteiger partial charge in [-0.1, -0.05) is 83.5 Å². The third kappa shape index (κ3) is 19.9. The minimum Gasteiger partial charge on any atom is -0.396 e. The maximum absolute atomic E-state index is 12.8. The maximum Gasteiger partial charge on any atom is 0.414 e. The SMILES string of the molecule is C.C.C.COC[C@]12CC[C@](C)(O)C[C@@H]1CC[C@H]1[C@@H]3CC[C@H]([C@H](C)CCC(O)C(F)(F)F)[C@@]3(C)CC[C@@H]12.COC[C@]12CC[C@](C)(O)C[C@@H]1CC[C@H]1[C@@H]3CC[C@H]([C@H](C)CCC=O)[C@@]3(C)CC[C@@H]12.COC[C@]12CC[C@](C)(O)C[C@@H]1CC[C@H]1[C@@H]3CC[C@H]([C@H](C)CCCO)[C@@]3(C)CC[C@@H]12.CPC.C[Si](C)(C)C(F)(F)F. The number of methoxy groups -OCH3 is 3. The molecule has 0 aromatic carbocycles. The number of ether oxygens (including phenoxy) is 3. The third-order valence-electron chi connectivity index (χ3n) is 33.2. The van der Waals surface area contributed by atoms with Crippen molar-refractivity contribution in [3.63, 3.8) is 0 Å². The van der Waals surface area contributed by atoms with Crippen LogP contribution in [0.25, 0.3) is 0 Å². The van der Waals surface area contributed by atoms with Gasteiger partial charge in [-0.05, 0) is 379 Å². The quantitative estimate of drug-likeness (QED) is 0.0392. The minimum atomic E-state index is -4.52. The van der Waals surface area contributed by atoms with E-state index in [4.69, 9.17) is 14.2 Å². The smallest absolute Gasteiger partial charge is 0.396 e. The van der Waals surface area contributed by atoms with Crippen molar-refractivity contribution in [3.8, 4) is 0 Å². The fourth-order valence-electron chi connectivity index (χ4n) is 28.2. The van der Waals surface area contributed by atoms with E-state index in [0.29, 0.717) is 82.0 Å². The number of carbonyl (C=O) groups excluding carboxylic acids is 1. The lowest BCUT2D eigenvalue weighted by molar-refractivity contribution is -0.206. The molecule has 0 spiro atoms. The van der Waals surface area contributed by atoms with Gasteiger partial charge in [-0.15, -0.1) is 8.58 Å². The Morgan fingerprint density at radius 1 is 0.457 bits per heavy atom. The molecule has 28 atom stereocenters. The van der Waals surface area contributed by atoms with Crippen LogP contribution in [0.4, 0.5) is 26.3 Å². The first-order chi connectivity index (χ1) is 47.5. The van der Waals surface area contributed by atoms with Crippen LogP contribution in [-0.4, -0.2) is 136 Å². The van der Waals surface area contributed by atoms with Crippen LogP contribution in [0.15, 0.2) is 0 Å². The molecule has 0 heterocycles. The summed E-state index contributed by atoms with van der Waals surface area (Å²) in [6.07, 6.45) is 30.7. The molecule has 12 aliphatic carbocycles. The molecule has 620 valence electrons. The Morgan fingerprint density at radius 3 is 1.02 bits per heavy atom. The molecular weight excluding hydrogens is 1370 g/mol. The van der Waals surface area contributed by atoms with Gasteiger partial charge in [0.25, 0.3) is 0 Å². The molecule has 12 aliphatic rings. The molecule has 9 nitrogen and oxygen atoms in total. The Hall–Kier alpha value is -0.423. The van der Waals surface area contributed by atoms with Gasteiger partial charge in [0.2, 0.25) is 0 Å². The normalized spacial score (nSPS) is 44.0. The second-order valence-electron chi connectivity index (χ2n) is 40.2. The summed E-state index contributed by atoms with van der Waals surface area (Å²) in [5, 5.41) is 51.2. The number of aliphatic hydroxyl groups is 5. The first-order valence-electron chi connectivity index (χ1n) is 41.6. The van der Waals surface area contributed by atoms with Crippen LogP contribution >= 0.6 is 8.58 Å². The zero-order valence-electron chi connectivity index (χ0n) is 67.3. The van der Waals surface area contributed by atoms with Crippen molar-refractivity contribution >= 4 is 22.9 Å². The standard InChI is InChI=1S/C27H45F3O3.C26H46O3.C26H44O3.C4H9F3Si.C2H7P.3CH4/c1-17(5-10-23(31)27(28,29)30)20-8-9-21-19-7-6-18-15-24(2,32)13-14-26(18,16-33-4)22(19)11-12-25(20,21)3;2*1-18(6-5-15-27)21-9-10-22-20-8-7-19-16-24(2,28)13-14-26(19,17-29-4)23(20)11-12-25(21,22)3;1-8(2,3)4(5,6)7;1-3-2;;;/h17-23,31-32H,5-16H2,1-4H3;18-23,27-28H,5-17H2,1-4H3;15,18-23,28H,5-14,16-17H2,1-4H3;1-3H3;3H,1-2H3;3*1H4/t17-,18+,19+,20-,21+,22+,23?,24+,25-,26-;2*18-,19+,20+,21-,22+,23+,24+,25-,26-;;;;;/m111...../s1. The predicted octanol–water partition coefficient (Wildman–Crippen LogP) is 22.7. The van der Waals surface area contributed by atoms with Crippen molar-refractivity contribution in [1.29, 1.82) is 0 Å². The summed E-state index contributed by atoms with van der Waals surface area (Å²) in [5.74, 6) is 8.44. The fourth-order valence-corrected chi connectivity index (χ4v) is 28.2. The number of halogens is 6. The molecule has 0 aromatic rings. The molecule has 0 aromatic heterocycles. The van der Waals surface area contributed by atoms with E-state index in [2.05, 4.69) is 68.7 Å². The van der Waals surface area contributed by atoms with Crippen molar-refractivity contribution in [2.45, 2.75) is 351 Å². The van der Waals surface area contributed by atoms with Gasteiger partial charge in [0, 0.05) is 34.4 Å². The van der Waals surface area contributed by atoms with Gasteiger partial charge < -0.3 is 44.5 Å². The predicted molar refractivity (Wildman–Crippen MR) is 426 cm³/mol. The Bertz CT molecular complexity index is 2610. The molecule has 1 unspecified atom stereocenters. The highest BCUT2D eigenvalue weighted by atomic mass is 31.1. The molecule has 5 N–H and O–H groups in total. The number of rotatable bonds is 18. The number of carbonyl (C=O) groups is 1. The molecule has 0 saturated heterocycles. The second-order valence-corrected chi connectivity index (χ2v) is 46.2. The first-order valence-corrected chi connectivity index (χ1v) is 47.1. The zero-order chi connectivity index (χ0) is 75.7. The van der Waals surface area contributed by atoms with Gasteiger partial charge in [0.15, 0.2) is 8.07 Å².